The molecule has 2 fully saturated rings. The Morgan fingerprint density at radius 2 is 1.60 bits per heavy atom. The number of carboxylic acids is 1. The topological polar surface area (TPSA) is 69.0 Å². The van der Waals surface area contributed by atoms with Crippen LogP contribution < -0.4 is 15.2 Å². The highest BCUT2D eigenvalue weighted by Crippen LogP contribution is 2.37. The van der Waals surface area contributed by atoms with Crippen LogP contribution in [0.2, 0.25) is 5.02 Å². The van der Waals surface area contributed by atoms with Gasteiger partial charge in [0.25, 0.3) is 0 Å². The number of benzene rings is 3. The van der Waals surface area contributed by atoms with Crippen molar-refractivity contribution in [2.45, 2.75) is 32.4 Å². The number of likely N-dealkylation sites (tertiary alicyclic amines) is 1. The van der Waals surface area contributed by atoms with Gasteiger partial charge in [0.15, 0.2) is 0 Å². The summed E-state index contributed by atoms with van der Waals surface area (Å²) in [6, 6.07) is 15.6. The molecule has 2 aliphatic heterocycles. The number of aromatic carboxylic acids is 1. The van der Waals surface area contributed by atoms with Crippen LogP contribution in [-0.4, -0.2) is 59.3 Å². The van der Waals surface area contributed by atoms with Crippen LogP contribution in [0.3, 0.4) is 0 Å². The van der Waals surface area contributed by atoms with E-state index in [9.17, 15) is 19.1 Å². The quantitative estimate of drug-likeness (QED) is 0.299. The Balaban J connectivity index is 1.38. The number of rotatable bonds is 6. The first kappa shape index (κ1) is 28.2. The molecule has 4 aromatic rings. The molecule has 1 N–H and O–H groups in total. The molecule has 2 aliphatic rings. The smallest absolute Gasteiger partial charge is 0.341 e. The lowest BCUT2D eigenvalue weighted by Crippen LogP contribution is -2.47. The number of piperazine rings is 1. The van der Waals surface area contributed by atoms with Gasteiger partial charge in [0.2, 0.25) is 5.43 Å². The van der Waals surface area contributed by atoms with Gasteiger partial charge in [-0.15, -0.1) is 0 Å². The van der Waals surface area contributed by atoms with Gasteiger partial charge in [0, 0.05) is 56.3 Å². The summed E-state index contributed by atoms with van der Waals surface area (Å²) in [5, 5.41) is 9.73. The third kappa shape index (κ3) is 5.23. The second kappa shape index (κ2) is 11.4. The highest BCUT2D eigenvalue weighted by Gasteiger charge is 2.27. The summed E-state index contributed by atoms with van der Waals surface area (Å²) in [7, 11) is 0. The van der Waals surface area contributed by atoms with Gasteiger partial charge in [-0.2, -0.15) is 0 Å². The van der Waals surface area contributed by atoms with Crippen molar-refractivity contribution in [3.63, 3.8) is 0 Å². The summed E-state index contributed by atoms with van der Waals surface area (Å²) in [6.45, 7) is 6.09. The van der Waals surface area contributed by atoms with Crippen molar-refractivity contribution in [2.24, 2.45) is 0 Å². The van der Waals surface area contributed by atoms with Gasteiger partial charge < -0.3 is 19.5 Å². The number of fused-ring (bicyclic) bond motifs is 1. The van der Waals surface area contributed by atoms with Crippen molar-refractivity contribution in [1.82, 2.24) is 9.47 Å². The lowest BCUT2D eigenvalue weighted by Gasteiger charge is -2.38. The standard InChI is InChI=1S/C32H31ClF2N4O3/c1-20-3-2-12-38(20)18-21-4-8-24(9-5-21)39-19-26(32(41)42)31(40)25-17-27(35)30(28(33)29(25)39)37-15-13-36(14-16-37)23-10-6-22(34)7-11-23/h4-11,17,19-20H,2-3,12-16,18H2,1H3,(H,41,42). The van der Waals surface area contributed by atoms with Crippen LogP contribution in [0.4, 0.5) is 20.2 Å². The van der Waals surface area contributed by atoms with E-state index < -0.39 is 22.8 Å². The van der Waals surface area contributed by atoms with Gasteiger partial charge in [0.05, 0.1) is 21.6 Å². The van der Waals surface area contributed by atoms with Crippen molar-refractivity contribution in [3.05, 3.63) is 98.8 Å². The minimum absolute atomic E-state index is 0.0456. The van der Waals surface area contributed by atoms with Gasteiger partial charge in [0.1, 0.15) is 17.2 Å². The van der Waals surface area contributed by atoms with E-state index in [0.717, 1.165) is 30.4 Å². The van der Waals surface area contributed by atoms with Crippen LogP contribution in [0.25, 0.3) is 16.6 Å². The van der Waals surface area contributed by atoms with Gasteiger partial charge >= 0.3 is 5.97 Å². The molecule has 0 spiro atoms. The Kier molecular flexibility index (Phi) is 7.64. The number of nitrogens with zero attached hydrogens (tertiary/aromatic N) is 4. The van der Waals surface area contributed by atoms with Crippen LogP contribution in [0.1, 0.15) is 35.7 Å². The van der Waals surface area contributed by atoms with Crippen LogP contribution in [0.15, 0.2) is 65.6 Å². The largest absolute Gasteiger partial charge is 0.477 e. The Bertz CT molecular complexity index is 1700. The number of carbonyl (C=O) groups is 1. The number of anilines is 2. The summed E-state index contributed by atoms with van der Waals surface area (Å²) in [4.78, 5) is 31.5. The van der Waals surface area contributed by atoms with Crippen molar-refractivity contribution >= 4 is 39.8 Å². The van der Waals surface area contributed by atoms with Crippen LogP contribution in [-0.2, 0) is 6.54 Å². The van der Waals surface area contributed by atoms with E-state index >= 15 is 4.39 Å². The molecule has 1 aromatic heterocycles. The van der Waals surface area contributed by atoms with E-state index in [2.05, 4.69) is 16.7 Å². The Morgan fingerprint density at radius 1 is 0.952 bits per heavy atom. The minimum atomic E-state index is -1.40. The minimum Gasteiger partial charge on any atom is -0.477 e. The van der Waals surface area contributed by atoms with Gasteiger partial charge in [-0.3, -0.25) is 9.69 Å². The maximum absolute atomic E-state index is 15.7. The lowest BCUT2D eigenvalue weighted by molar-refractivity contribution is 0.0695. The molecular weight excluding hydrogens is 562 g/mol. The summed E-state index contributed by atoms with van der Waals surface area (Å²) in [6.07, 6.45) is 3.63. The van der Waals surface area contributed by atoms with Crippen molar-refractivity contribution in [3.8, 4) is 5.69 Å². The number of halogens is 3. The number of hydrogen-bond acceptors (Lipinski definition) is 5. The molecule has 42 heavy (non-hydrogen) atoms. The fourth-order valence-electron chi connectivity index (χ4n) is 6.11. The zero-order valence-electron chi connectivity index (χ0n) is 23.2. The zero-order chi connectivity index (χ0) is 29.5. The molecule has 0 bridgehead atoms. The molecule has 1 unspecified atom stereocenters. The fourth-order valence-corrected chi connectivity index (χ4v) is 6.52. The van der Waals surface area contributed by atoms with Crippen molar-refractivity contribution < 1.29 is 18.7 Å². The Hall–Kier alpha value is -3.95. The molecule has 0 aliphatic carbocycles. The van der Waals surface area contributed by atoms with E-state index in [-0.39, 0.29) is 27.4 Å². The summed E-state index contributed by atoms with van der Waals surface area (Å²) < 4.78 is 30.6. The van der Waals surface area contributed by atoms with Crippen molar-refractivity contribution in [2.75, 3.05) is 42.5 Å². The summed E-state index contributed by atoms with van der Waals surface area (Å²) >= 11 is 6.92. The first-order chi connectivity index (χ1) is 20.2. The molecule has 3 aromatic carbocycles. The molecular formula is C32H31ClF2N4O3. The third-order valence-electron chi connectivity index (χ3n) is 8.47. The van der Waals surface area contributed by atoms with E-state index in [4.69, 9.17) is 11.6 Å². The van der Waals surface area contributed by atoms with E-state index in [0.29, 0.717) is 37.9 Å². The predicted molar refractivity (Wildman–Crippen MR) is 161 cm³/mol. The number of carboxylic acid groups (broad SMARTS) is 1. The summed E-state index contributed by atoms with van der Waals surface area (Å²) in [5.74, 6) is -2.40. The first-order valence-electron chi connectivity index (χ1n) is 14.1. The second-order valence-electron chi connectivity index (χ2n) is 11.0. The molecule has 6 rings (SSSR count). The molecule has 0 radical (unpaired) electrons. The molecule has 2 saturated heterocycles. The van der Waals surface area contributed by atoms with Crippen LogP contribution >= 0.6 is 11.6 Å². The Morgan fingerprint density at radius 3 is 2.21 bits per heavy atom. The monoisotopic (exact) mass is 592 g/mol. The highest BCUT2D eigenvalue weighted by atomic mass is 35.5. The fraction of sp³-hybridized carbons (Fsp3) is 0.312. The number of hydrogen-bond donors (Lipinski definition) is 1. The molecule has 1 atom stereocenters. The molecule has 0 amide bonds. The number of aromatic nitrogens is 1. The third-order valence-corrected chi connectivity index (χ3v) is 8.82. The SMILES string of the molecule is CC1CCCN1Cc1ccc(-n2cc(C(=O)O)c(=O)c3cc(F)c(N4CCN(c5ccc(F)cc5)CC4)c(Cl)c32)cc1. The average Bonchev–Trinajstić information content (AvgIpc) is 3.38. The number of pyridine rings is 1. The maximum atomic E-state index is 15.7. The molecule has 7 nitrogen and oxygen atoms in total. The zero-order valence-corrected chi connectivity index (χ0v) is 24.0. The summed E-state index contributed by atoms with van der Waals surface area (Å²) in [5.41, 5.74) is 1.77. The van der Waals surface area contributed by atoms with Crippen LogP contribution in [0, 0.1) is 11.6 Å². The van der Waals surface area contributed by atoms with Crippen molar-refractivity contribution in [1.29, 1.82) is 0 Å². The van der Waals surface area contributed by atoms with E-state index in [1.807, 2.05) is 29.2 Å². The first-order valence-corrected chi connectivity index (χ1v) is 14.5. The predicted octanol–water partition coefficient (Wildman–Crippen LogP) is 5.93. The van der Waals surface area contributed by atoms with Gasteiger partial charge in [-0.05, 0) is 74.3 Å². The van der Waals surface area contributed by atoms with E-state index in [1.54, 1.807) is 16.7 Å². The molecule has 218 valence electrons. The normalized spacial score (nSPS) is 17.8. The second-order valence-corrected chi connectivity index (χ2v) is 11.4. The highest BCUT2D eigenvalue weighted by molar-refractivity contribution is 6.38. The molecule has 0 saturated carbocycles. The molecule has 3 heterocycles. The van der Waals surface area contributed by atoms with Crippen LogP contribution in [0.5, 0.6) is 0 Å². The van der Waals surface area contributed by atoms with Gasteiger partial charge in [-0.25, -0.2) is 13.6 Å². The Labute approximate surface area is 247 Å². The van der Waals surface area contributed by atoms with E-state index in [1.165, 1.54) is 31.2 Å². The lowest BCUT2D eigenvalue weighted by atomic mass is 10.1. The maximum Gasteiger partial charge on any atom is 0.341 e. The van der Waals surface area contributed by atoms with Gasteiger partial charge in [-0.1, -0.05) is 23.7 Å². The average molecular weight is 593 g/mol. The molecule has 10 heteroatoms.